The first-order valence-electron chi connectivity index (χ1n) is 10.1. The molecule has 1 aliphatic carbocycles. The first-order valence-corrected chi connectivity index (χ1v) is 10.1. The number of hydrogen-bond acceptors (Lipinski definition) is 4. The molecule has 0 fully saturated rings. The van der Waals surface area contributed by atoms with E-state index in [9.17, 15) is 10.2 Å². The molecule has 31 heavy (non-hydrogen) atoms. The van der Waals surface area contributed by atoms with Crippen molar-refractivity contribution in [3.05, 3.63) is 97.4 Å². The Morgan fingerprint density at radius 3 is 1.23 bits per heavy atom. The maximum absolute atomic E-state index is 11.1. The molecule has 0 radical (unpaired) electrons. The Morgan fingerprint density at radius 1 is 0.516 bits per heavy atom. The molecule has 2 aromatic heterocycles. The van der Waals surface area contributed by atoms with Crippen LogP contribution in [-0.2, 0) is 19.5 Å². The van der Waals surface area contributed by atoms with E-state index in [0.717, 1.165) is 10.8 Å². The molecule has 0 atom stereocenters. The zero-order valence-corrected chi connectivity index (χ0v) is 18.9. The van der Waals surface area contributed by atoms with Gasteiger partial charge in [-0.2, -0.15) is 0 Å². The number of fused-ring (bicyclic) bond motifs is 2. The molecule has 0 bridgehead atoms. The summed E-state index contributed by atoms with van der Waals surface area (Å²) in [6.45, 7) is 0. The van der Waals surface area contributed by atoms with E-state index in [1.807, 2.05) is 36.4 Å². The molecule has 0 N–H and O–H groups in total. The average molecular weight is 498 g/mol. The van der Waals surface area contributed by atoms with Crippen LogP contribution in [0.5, 0.6) is 11.5 Å². The van der Waals surface area contributed by atoms with Crippen LogP contribution in [0.25, 0.3) is 21.8 Å². The Bertz CT molecular complexity index is 1030. The third-order valence-electron chi connectivity index (χ3n) is 4.52. The molecule has 5 rings (SSSR count). The SMILES string of the molecule is C1=C\CC/C=C\CC/1.[O-]c1cccc2cccnc12.[O-]c1cccc2cccnc12.[Ru+2]. The van der Waals surface area contributed by atoms with E-state index in [4.69, 9.17) is 0 Å². The molecule has 4 nitrogen and oxygen atoms in total. The van der Waals surface area contributed by atoms with Crippen LogP contribution in [-0.4, -0.2) is 9.97 Å². The molecule has 4 aromatic rings. The Labute approximate surface area is 195 Å². The van der Waals surface area contributed by atoms with Gasteiger partial charge in [-0.15, -0.1) is 0 Å². The number of hydrogen-bond donors (Lipinski definition) is 0. The van der Waals surface area contributed by atoms with Crippen LogP contribution in [0.3, 0.4) is 0 Å². The van der Waals surface area contributed by atoms with Gasteiger partial charge in [0.1, 0.15) is 0 Å². The van der Waals surface area contributed by atoms with Crippen LogP contribution < -0.4 is 10.2 Å². The number of rotatable bonds is 0. The predicted octanol–water partition coefficient (Wildman–Crippen LogP) is 5.29. The Balaban J connectivity index is 0.000000165. The largest absolute Gasteiger partial charge is 2.00 e. The summed E-state index contributed by atoms with van der Waals surface area (Å²) in [6.07, 6.45) is 17.3. The van der Waals surface area contributed by atoms with E-state index in [0.29, 0.717) is 11.0 Å². The fourth-order valence-corrected chi connectivity index (χ4v) is 3.01. The van der Waals surface area contributed by atoms with Crippen LogP contribution in [0.2, 0.25) is 0 Å². The fourth-order valence-electron chi connectivity index (χ4n) is 3.01. The molecule has 0 amide bonds. The van der Waals surface area contributed by atoms with Crippen LogP contribution in [0, 0.1) is 0 Å². The predicted molar refractivity (Wildman–Crippen MR) is 119 cm³/mol. The minimum atomic E-state index is -0.0110. The van der Waals surface area contributed by atoms with E-state index < -0.39 is 0 Å². The molecule has 2 aromatic carbocycles. The summed E-state index contributed by atoms with van der Waals surface area (Å²) in [5, 5.41) is 24.0. The molecule has 1 aliphatic rings. The first kappa shape index (κ1) is 24.2. The van der Waals surface area contributed by atoms with Crippen molar-refractivity contribution in [1.82, 2.24) is 9.97 Å². The summed E-state index contributed by atoms with van der Waals surface area (Å²) >= 11 is 0. The molecule has 158 valence electrons. The van der Waals surface area contributed by atoms with E-state index in [1.165, 1.54) is 37.8 Å². The average Bonchev–Trinajstić information content (AvgIpc) is 2.75. The summed E-state index contributed by atoms with van der Waals surface area (Å²) < 4.78 is 0. The quantitative estimate of drug-likeness (QED) is 0.245. The normalized spacial score (nSPS) is 14.5. The Kier molecular flexibility index (Phi) is 10.4. The minimum absolute atomic E-state index is 0. The number of allylic oxidation sites excluding steroid dienone is 4. The Morgan fingerprint density at radius 2 is 0.871 bits per heavy atom. The van der Waals surface area contributed by atoms with Crippen molar-refractivity contribution in [2.45, 2.75) is 25.7 Å². The second kappa shape index (κ2) is 13.3. The maximum Gasteiger partial charge on any atom is 2.00 e. The van der Waals surface area contributed by atoms with Crippen molar-refractivity contribution in [3.8, 4) is 11.5 Å². The summed E-state index contributed by atoms with van der Waals surface area (Å²) in [4.78, 5) is 7.94. The Hall–Kier alpha value is -3.04. The van der Waals surface area contributed by atoms with Gasteiger partial charge in [0.05, 0.1) is 11.0 Å². The van der Waals surface area contributed by atoms with Crippen molar-refractivity contribution in [2.75, 3.05) is 0 Å². The molecule has 0 aliphatic heterocycles. The number of nitrogens with zero attached hydrogens (tertiary/aromatic N) is 2. The standard InChI is InChI=1S/2C9H7NO.C8H12.Ru/c2*11-8-5-1-3-7-4-2-6-10-9(7)8;1-2-4-6-8-7-5-3-1;/h2*1-6,11H;1-2,7-8H,3-6H2;/q;;;+2/p-2/b;;2-1-,8-7-;. The van der Waals surface area contributed by atoms with E-state index in [1.54, 1.807) is 24.5 Å². The second-order valence-corrected chi connectivity index (χ2v) is 6.76. The van der Waals surface area contributed by atoms with Crippen molar-refractivity contribution >= 4 is 21.8 Å². The van der Waals surface area contributed by atoms with Gasteiger partial charge in [0.25, 0.3) is 0 Å². The monoisotopic (exact) mass is 498 g/mol. The molecule has 2 heterocycles. The van der Waals surface area contributed by atoms with Crippen molar-refractivity contribution in [2.24, 2.45) is 0 Å². The van der Waals surface area contributed by atoms with Gasteiger partial charge in [0.2, 0.25) is 0 Å². The number of benzene rings is 2. The zero-order valence-electron chi connectivity index (χ0n) is 17.1. The van der Waals surface area contributed by atoms with E-state index in [-0.39, 0.29) is 31.0 Å². The van der Waals surface area contributed by atoms with Crippen molar-refractivity contribution in [1.29, 1.82) is 0 Å². The smallest absolute Gasteiger partial charge is 0.871 e. The van der Waals surface area contributed by atoms with Crippen molar-refractivity contribution in [3.63, 3.8) is 0 Å². The maximum atomic E-state index is 11.1. The second-order valence-electron chi connectivity index (χ2n) is 6.76. The summed E-state index contributed by atoms with van der Waals surface area (Å²) in [5.41, 5.74) is 1.10. The van der Waals surface area contributed by atoms with Gasteiger partial charge in [0.15, 0.2) is 0 Å². The third-order valence-corrected chi connectivity index (χ3v) is 4.52. The van der Waals surface area contributed by atoms with Crippen molar-refractivity contribution < 1.29 is 29.7 Å². The number of aromatic nitrogens is 2. The van der Waals surface area contributed by atoms with Gasteiger partial charge in [-0.3, -0.25) is 9.97 Å². The van der Waals surface area contributed by atoms with Gasteiger partial charge in [0, 0.05) is 12.4 Å². The molecule has 0 saturated carbocycles. The molecular formula is C26H24N2O2Ru. The van der Waals surface area contributed by atoms with Crippen LogP contribution in [0.4, 0.5) is 0 Å². The topological polar surface area (TPSA) is 71.9 Å². The van der Waals surface area contributed by atoms with Crippen LogP contribution in [0.15, 0.2) is 97.4 Å². The van der Waals surface area contributed by atoms with Gasteiger partial charge in [-0.05, 0) is 48.6 Å². The third kappa shape index (κ3) is 7.62. The van der Waals surface area contributed by atoms with Gasteiger partial charge in [-0.1, -0.05) is 84.3 Å². The van der Waals surface area contributed by atoms with Gasteiger partial charge < -0.3 is 10.2 Å². The van der Waals surface area contributed by atoms with E-state index in [2.05, 4.69) is 34.3 Å². The van der Waals surface area contributed by atoms with Gasteiger partial charge >= 0.3 is 19.5 Å². The minimum Gasteiger partial charge on any atom is -0.871 e. The number of para-hydroxylation sites is 2. The first-order chi connectivity index (χ1) is 14.8. The summed E-state index contributed by atoms with van der Waals surface area (Å²) in [5.74, 6) is -0.0220. The van der Waals surface area contributed by atoms with Gasteiger partial charge in [-0.25, -0.2) is 0 Å². The zero-order chi connectivity index (χ0) is 21.0. The number of pyridine rings is 2. The molecular weight excluding hydrogens is 473 g/mol. The van der Waals surface area contributed by atoms with E-state index >= 15 is 0 Å². The molecule has 0 spiro atoms. The summed E-state index contributed by atoms with van der Waals surface area (Å²) in [6, 6.07) is 17.7. The fraction of sp³-hybridized carbons (Fsp3) is 0.154. The molecule has 0 saturated heterocycles. The summed E-state index contributed by atoms with van der Waals surface area (Å²) in [7, 11) is 0. The van der Waals surface area contributed by atoms with Crippen LogP contribution in [0.1, 0.15) is 25.7 Å². The molecule has 5 heteroatoms. The molecule has 0 unspecified atom stereocenters. The van der Waals surface area contributed by atoms with Crippen LogP contribution >= 0.6 is 0 Å².